The van der Waals surface area contributed by atoms with Gasteiger partial charge in [-0.25, -0.2) is 4.98 Å². The molecule has 2 heterocycles. The Balaban J connectivity index is 2.10. The van der Waals surface area contributed by atoms with Gasteiger partial charge in [-0.15, -0.1) is 5.10 Å². The molecule has 5 nitrogen and oxygen atoms in total. The van der Waals surface area contributed by atoms with Crippen LogP contribution in [0.2, 0.25) is 0 Å². The van der Waals surface area contributed by atoms with E-state index >= 15 is 0 Å². The largest absolute Gasteiger partial charge is 0.335 e. The predicted molar refractivity (Wildman–Crippen MR) is 72.5 cm³/mol. The number of aromatic nitrogens is 4. The molecule has 2 rings (SSSR count). The third-order valence-electron chi connectivity index (χ3n) is 2.89. The second kappa shape index (κ2) is 6.61. The summed E-state index contributed by atoms with van der Waals surface area (Å²) in [6.45, 7) is 6.25. The Morgan fingerprint density at radius 1 is 1.44 bits per heavy atom. The number of rotatable bonds is 7. The second-order valence-electron chi connectivity index (χ2n) is 4.16. The number of nitrogens with zero attached hydrogens (tertiary/aromatic N) is 4. The van der Waals surface area contributed by atoms with Crippen LogP contribution in [0.4, 0.5) is 0 Å². The molecule has 0 spiro atoms. The maximum absolute atomic E-state index is 4.43. The van der Waals surface area contributed by atoms with Crippen LogP contribution in [0, 0.1) is 0 Å². The highest BCUT2D eigenvalue weighted by Gasteiger charge is 2.16. The van der Waals surface area contributed by atoms with Crippen molar-refractivity contribution >= 4 is 11.5 Å². The Labute approximate surface area is 111 Å². The lowest BCUT2D eigenvalue weighted by molar-refractivity contribution is 0.512. The Kier molecular flexibility index (Phi) is 4.83. The van der Waals surface area contributed by atoms with E-state index in [1.807, 2.05) is 18.6 Å². The van der Waals surface area contributed by atoms with Crippen LogP contribution < -0.4 is 5.32 Å². The van der Waals surface area contributed by atoms with Crippen molar-refractivity contribution in [2.75, 3.05) is 6.54 Å². The zero-order chi connectivity index (χ0) is 12.8. The lowest BCUT2D eigenvalue weighted by Crippen LogP contribution is -2.24. The van der Waals surface area contributed by atoms with Gasteiger partial charge >= 0.3 is 0 Å². The molecule has 1 atom stereocenters. The summed E-state index contributed by atoms with van der Waals surface area (Å²) in [5.74, 6) is 1.11. The van der Waals surface area contributed by atoms with Crippen molar-refractivity contribution in [2.45, 2.75) is 39.3 Å². The molecule has 2 aromatic rings. The van der Waals surface area contributed by atoms with Crippen LogP contribution >= 0.6 is 11.5 Å². The first-order valence-corrected chi connectivity index (χ1v) is 7.13. The summed E-state index contributed by atoms with van der Waals surface area (Å²) in [6.07, 6.45) is 7.73. The first-order valence-electron chi connectivity index (χ1n) is 6.35. The van der Waals surface area contributed by atoms with Crippen molar-refractivity contribution in [1.29, 1.82) is 0 Å². The average molecular weight is 265 g/mol. The first kappa shape index (κ1) is 13.2. The minimum Gasteiger partial charge on any atom is -0.335 e. The monoisotopic (exact) mass is 265 g/mol. The molecule has 0 aromatic carbocycles. The van der Waals surface area contributed by atoms with Gasteiger partial charge in [-0.05, 0) is 31.4 Å². The predicted octanol–water partition coefficient (Wildman–Crippen LogP) is 2.04. The normalized spacial score (nSPS) is 12.8. The van der Waals surface area contributed by atoms with Crippen LogP contribution in [-0.4, -0.2) is 25.7 Å². The molecule has 18 heavy (non-hydrogen) atoms. The van der Waals surface area contributed by atoms with Gasteiger partial charge in [0.1, 0.15) is 5.82 Å². The van der Waals surface area contributed by atoms with Crippen molar-refractivity contribution in [1.82, 2.24) is 24.5 Å². The summed E-state index contributed by atoms with van der Waals surface area (Å²) in [4.78, 5) is 5.61. The van der Waals surface area contributed by atoms with Gasteiger partial charge in [-0.1, -0.05) is 11.4 Å². The minimum absolute atomic E-state index is 0.262. The minimum atomic E-state index is 0.262. The molecule has 0 amide bonds. The summed E-state index contributed by atoms with van der Waals surface area (Å²) < 4.78 is 6.12. The van der Waals surface area contributed by atoms with Gasteiger partial charge in [0, 0.05) is 25.4 Å². The quantitative estimate of drug-likeness (QED) is 0.832. The Hall–Kier alpha value is -1.27. The van der Waals surface area contributed by atoms with Crippen LogP contribution in [0.15, 0.2) is 18.6 Å². The molecule has 0 radical (unpaired) electrons. The fourth-order valence-corrected chi connectivity index (χ4v) is 2.50. The maximum Gasteiger partial charge on any atom is 0.110 e. The third kappa shape index (κ3) is 3.14. The van der Waals surface area contributed by atoms with Gasteiger partial charge in [-0.3, -0.25) is 0 Å². The van der Waals surface area contributed by atoms with Gasteiger partial charge in [-0.2, -0.15) is 0 Å². The standard InChI is InChI=1S/C12H19N5S/c1-3-5-13-10(11-9-15-16-18-11)8-12-14-6-7-17(12)4-2/h6-7,9-10,13H,3-5,8H2,1-2H3. The Bertz CT molecular complexity index is 451. The molecule has 0 aliphatic heterocycles. The zero-order valence-corrected chi connectivity index (χ0v) is 11.7. The van der Waals surface area contributed by atoms with Gasteiger partial charge < -0.3 is 9.88 Å². The number of aryl methyl sites for hydroxylation is 1. The van der Waals surface area contributed by atoms with Crippen LogP contribution in [0.5, 0.6) is 0 Å². The third-order valence-corrected chi connectivity index (χ3v) is 3.67. The number of nitrogens with one attached hydrogen (secondary N) is 1. The second-order valence-corrected chi connectivity index (χ2v) is 4.98. The van der Waals surface area contributed by atoms with Crippen molar-refractivity contribution < 1.29 is 0 Å². The summed E-state index contributed by atoms with van der Waals surface area (Å²) in [7, 11) is 0. The van der Waals surface area contributed by atoms with E-state index in [1.165, 1.54) is 16.4 Å². The van der Waals surface area contributed by atoms with E-state index in [0.29, 0.717) is 0 Å². The van der Waals surface area contributed by atoms with E-state index in [9.17, 15) is 0 Å². The van der Waals surface area contributed by atoms with E-state index in [4.69, 9.17) is 0 Å². The molecule has 1 unspecified atom stereocenters. The van der Waals surface area contributed by atoms with Crippen LogP contribution in [0.25, 0.3) is 0 Å². The molecule has 0 saturated heterocycles. The molecule has 0 saturated carbocycles. The molecule has 0 bridgehead atoms. The lowest BCUT2D eigenvalue weighted by Gasteiger charge is -2.16. The highest BCUT2D eigenvalue weighted by molar-refractivity contribution is 7.05. The summed E-state index contributed by atoms with van der Waals surface area (Å²) >= 11 is 1.46. The molecule has 6 heteroatoms. The molecule has 0 fully saturated rings. The highest BCUT2D eigenvalue weighted by atomic mass is 32.1. The molecule has 0 aliphatic carbocycles. The molecular weight excluding hydrogens is 246 g/mol. The first-order chi connectivity index (χ1) is 8.85. The summed E-state index contributed by atoms with van der Waals surface area (Å²) in [5.41, 5.74) is 0. The molecule has 1 N–H and O–H groups in total. The molecule has 2 aromatic heterocycles. The van der Waals surface area contributed by atoms with Gasteiger partial charge in [0.25, 0.3) is 0 Å². The summed E-state index contributed by atoms with van der Waals surface area (Å²) in [5, 5.41) is 7.46. The van der Waals surface area contributed by atoms with Gasteiger partial charge in [0.15, 0.2) is 0 Å². The molecule has 98 valence electrons. The van der Waals surface area contributed by atoms with Gasteiger partial charge in [0.2, 0.25) is 0 Å². The van der Waals surface area contributed by atoms with E-state index in [1.54, 1.807) is 0 Å². The average Bonchev–Trinajstić information content (AvgIpc) is 3.04. The summed E-state index contributed by atoms with van der Waals surface area (Å²) in [6, 6.07) is 0.262. The van der Waals surface area contributed by atoms with Crippen LogP contribution in [0.1, 0.15) is 37.0 Å². The molecular formula is C12H19N5S. The SMILES string of the molecule is CCCNC(Cc1nccn1CC)c1cnns1. The highest BCUT2D eigenvalue weighted by Crippen LogP contribution is 2.19. The van der Waals surface area contributed by atoms with Crippen LogP contribution in [0.3, 0.4) is 0 Å². The smallest absolute Gasteiger partial charge is 0.110 e. The van der Waals surface area contributed by atoms with E-state index in [0.717, 1.165) is 31.8 Å². The van der Waals surface area contributed by atoms with Crippen molar-refractivity contribution in [2.24, 2.45) is 0 Å². The van der Waals surface area contributed by atoms with E-state index in [2.05, 4.69) is 38.3 Å². The number of hydrogen-bond donors (Lipinski definition) is 1. The Morgan fingerprint density at radius 2 is 2.33 bits per heavy atom. The van der Waals surface area contributed by atoms with Crippen molar-refractivity contribution in [3.63, 3.8) is 0 Å². The van der Waals surface area contributed by atoms with E-state index in [-0.39, 0.29) is 6.04 Å². The Morgan fingerprint density at radius 3 is 3.00 bits per heavy atom. The van der Waals surface area contributed by atoms with Crippen molar-refractivity contribution in [3.05, 3.63) is 29.3 Å². The fraction of sp³-hybridized carbons (Fsp3) is 0.583. The molecule has 0 aliphatic rings. The zero-order valence-electron chi connectivity index (χ0n) is 10.8. The van der Waals surface area contributed by atoms with Crippen molar-refractivity contribution in [3.8, 4) is 0 Å². The topological polar surface area (TPSA) is 55.6 Å². The number of hydrogen-bond acceptors (Lipinski definition) is 5. The van der Waals surface area contributed by atoms with E-state index < -0.39 is 0 Å². The fourth-order valence-electron chi connectivity index (χ4n) is 1.92. The maximum atomic E-state index is 4.43. The van der Waals surface area contributed by atoms with Gasteiger partial charge in [0.05, 0.1) is 17.1 Å². The number of imidazole rings is 1. The van der Waals surface area contributed by atoms with Crippen LogP contribution in [-0.2, 0) is 13.0 Å². The lowest BCUT2D eigenvalue weighted by atomic mass is 10.1.